The Morgan fingerprint density at radius 3 is 2.69 bits per heavy atom. The van der Waals surface area contributed by atoms with E-state index < -0.39 is 17.5 Å². The van der Waals surface area contributed by atoms with E-state index in [0.29, 0.717) is 5.92 Å². The van der Waals surface area contributed by atoms with Crippen molar-refractivity contribution in [2.24, 2.45) is 5.92 Å². The summed E-state index contributed by atoms with van der Waals surface area (Å²) in [5.41, 5.74) is -0.319. The molecule has 0 saturated heterocycles. The van der Waals surface area contributed by atoms with E-state index in [1.807, 2.05) is 0 Å². The first-order chi connectivity index (χ1) is 12.4. The van der Waals surface area contributed by atoms with Gasteiger partial charge in [0.15, 0.2) is 12.4 Å². The Labute approximate surface area is 152 Å². The topological polar surface area (TPSA) is 108 Å². The molecule has 2 rings (SSSR count). The minimum Gasteiger partial charge on any atom is -0.487 e. The molecule has 26 heavy (non-hydrogen) atoms. The Bertz CT molecular complexity index is 676. The van der Waals surface area contributed by atoms with Gasteiger partial charge >= 0.3 is 11.7 Å². The second-order valence-corrected chi connectivity index (χ2v) is 6.38. The Balaban J connectivity index is 1.93. The molecule has 8 heteroatoms. The van der Waals surface area contributed by atoms with Gasteiger partial charge in [0.2, 0.25) is 0 Å². The molecule has 1 N–H and O–H groups in total. The summed E-state index contributed by atoms with van der Waals surface area (Å²) in [6.45, 7) is 3.65. The van der Waals surface area contributed by atoms with E-state index in [0.717, 1.165) is 25.3 Å². The van der Waals surface area contributed by atoms with Gasteiger partial charge in [0.25, 0.3) is 5.91 Å². The molecule has 0 bridgehead atoms. The number of esters is 1. The first kappa shape index (κ1) is 19.7. The van der Waals surface area contributed by atoms with Crippen LogP contribution in [0.15, 0.2) is 18.2 Å². The maximum absolute atomic E-state index is 12.1. The van der Waals surface area contributed by atoms with Crippen LogP contribution in [0.2, 0.25) is 0 Å². The van der Waals surface area contributed by atoms with Crippen molar-refractivity contribution >= 4 is 17.6 Å². The van der Waals surface area contributed by atoms with Crippen LogP contribution >= 0.6 is 0 Å². The molecule has 1 saturated carbocycles. The smallest absolute Gasteiger partial charge is 0.338 e. The zero-order valence-electron chi connectivity index (χ0n) is 15.0. The third-order valence-corrected chi connectivity index (χ3v) is 4.48. The van der Waals surface area contributed by atoms with E-state index in [9.17, 15) is 19.7 Å². The van der Waals surface area contributed by atoms with Crippen molar-refractivity contribution in [2.45, 2.75) is 45.6 Å². The van der Waals surface area contributed by atoms with E-state index in [2.05, 4.69) is 12.2 Å². The monoisotopic (exact) mass is 364 g/mol. The van der Waals surface area contributed by atoms with Crippen molar-refractivity contribution in [3.8, 4) is 5.75 Å². The number of nitro benzene ring substituents is 1. The highest BCUT2D eigenvalue weighted by Crippen LogP contribution is 2.28. The van der Waals surface area contributed by atoms with Crippen LogP contribution in [-0.2, 0) is 9.53 Å². The lowest BCUT2D eigenvalue weighted by molar-refractivity contribution is -0.385. The molecule has 0 aromatic heterocycles. The molecular weight excluding hydrogens is 340 g/mol. The Morgan fingerprint density at radius 1 is 1.31 bits per heavy atom. The van der Waals surface area contributed by atoms with Gasteiger partial charge in [-0.2, -0.15) is 0 Å². The van der Waals surface area contributed by atoms with E-state index in [1.165, 1.54) is 18.6 Å². The first-order valence-corrected chi connectivity index (χ1v) is 8.80. The van der Waals surface area contributed by atoms with Gasteiger partial charge < -0.3 is 14.8 Å². The standard InChI is InChI=1S/C18H24N2O6/c1-3-25-16-9-8-13(10-15(16)20(23)24)18(22)26-11-17(21)19-14-7-5-4-6-12(14)2/h8-10,12,14H,3-7,11H2,1-2H3,(H,19,21)/t12-,14-/m1/s1. The molecule has 1 aliphatic carbocycles. The molecule has 1 fully saturated rings. The van der Waals surface area contributed by atoms with E-state index in [1.54, 1.807) is 6.92 Å². The van der Waals surface area contributed by atoms with Gasteiger partial charge in [-0.3, -0.25) is 14.9 Å². The fourth-order valence-electron chi connectivity index (χ4n) is 3.06. The third-order valence-electron chi connectivity index (χ3n) is 4.48. The molecule has 1 amide bonds. The third kappa shape index (κ3) is 5.18. The molecule has 1 aromatic carbocycles. The molecule has 2 atom stereocenters. The van der Waals surface area contributed by atoms with Crippen LogP contribution in [0.1, 0.15) is 49.9 Å². The second kappa shape index (κ2) is 9.17. The van der Waals surface area contributed by atoms with Crippen LogP contribution in [0.3, 0.4) is 0 Å². The molecule has 0 unspecified atom stereocenters. The summed E-state index contributed by atoms with van der Waals surface area (Å²) >= 11 is 0. The minimum absolute atomic E-state index is 0.000938. The van der Waals surface area contributed by atoms with Gasteiger partial charge in [0, 0.05) is 12.1 Å². The lowest BCUT2D eigenvalue weighted by Crippen LogP contribution is -2.42. The molecule has 0 spiro atoms. The summed E-state index contributed by atoms with van der Waals surface area (Å²) in [6.07, 6.45) is 4.23. The molecule has 1 aromatic rings. The van der Waals surface area contributed by atoms with Crippen LogP contribution in [0.5, 0.6) is 5.75 Å². The maximum atomic E-state index is 12.1. The van der Waals surface area contributed by atoms with E-state index in [-0.39, 0.29) is 35.6 Å². The summed E-state index contributed by atoms with van der Waals surface area (Å²) in [6, 6.07) is 3.92. The van der Waals surface area contributed by atoms with E-state index in [4.69, 9.17) is 9.47 Å². The summed E-state index contributed by atoms with van der Waals surface area (Å²) < 4.78 is 10.2. The number of hydrogen-bond donors (Lipinski definition) is 1. The van der Waals surface area contributed by atoms with Crippen molar-refractivity contribution in [3.05, 3.63) is 33.9 Å². The average molecular weight is 364 g/mol. The fourth-order valence-corrected chi connectivity index (χ4v) is 3.06. The minimum atomic E-state index is -0.789. The number of nitro groups is 1. The number of rotatable bonds is 7. The first-order valence-electron chi connectivity index (χ1n) is 8.80. The molecule has 1 aliphatic rings. The number of benzene rings is 1. The lowest BCUT2D eigenvalue weighted by Gasteiger charge is -2.29. The Hall–Kier alpha value is -2.64. The number of carbonyl (C=O) groups is 2. The summed E-state index contributed by atoms with van der Waals surface area (Å²) in [7, 11) is 0. The molecule has 0 heterocycles. The summed E-state index contributed by atoms with van der Waals surface area (Å²) in [5, 5.41) is 14.0. The number of carbonyl (C=O) groups excluding carboxylic acids is 2. The number of hydrogen-bond acceptors (Lipinski definition) is 6. The largest absolute Gasteiger partial charge is 0.487 e. The molecule has 0 radical (unpaired) electrons. The van der Waals surface area contributed by atoms with Crippen LogP contribution in [-0.4, -0.2) is 36.1 Å². The SMILES string of the molecule is CCOc1ccc(C(=O)OCC(=O)N[C@@H]2CCCC[C@H]2C)cc1[N+](=O)[O-]. The van der Waals surface area contributed by atoms with Gasteiger partial charge in [-0.25, -0.2) is 4.79 Å². The lowest BCUT2D eigenvalue weighted by atomic mass is 9.86. The molecule has 142 valence electrons. The van der Waals surface area contributed by atoms with Gasteiger partial charge in [-0.15, -0.1) is 0 Å². The predicted molar refractivity (Wildman–Crippen MR) is 94.1 cm³/mol. The molecule has 8 nitrogen and oxygen atoms in total. The quantitative estimate of drug-likeness (QED) is 0.453. The van der Waals surface area contributed by atoms with Crippen molar-refractivity contribution in [1.29, 1.82) is 0 Å². The van der Waals surface area contributed by atoms with Crippen LogP contribution < -0.4 is 10.1 Å². The number of ether oxygens (including phenoxy) is 2. The van der Waals surface area contributed by atoms with Crippen molar-refractivity contribution in [2.75, 3.05) is 13.2 Å². The normalized spacial score (nSPS) is 19.5. The van der Waals surface area contributed by atoms with Gasteiger partial charge in [0.05, 0.1) is 17.1 Å². The zero-order chi connectivity index (χ0) is 19.1. The number of nitrogens with one attached hydrogen (secondary N) is 1. The fraction of sp³-hybridized carbons (Fsp3) is 0.556. The van der Waals surface area contributed by atoms with Crippen molar-refractivity contribution in [3.63, 3.8) is 0 Å². The Morgan fingerprint density at radius 2 is 2.04 bits per heavy atom. The zero-order valence-corrected chi connectivity index (χ0v) is 15.0. The average Bonchev–Trinajstić information content (AvgIpc) is 2.62. The van der Waals surface area contributed by atoms with Gasteiger partial charge in [-0.05, 0) is 37.8 Å². The Kier molecular flexibility index (Phi) is 6.94. The second-order valence-electron chi connectivity index (χ2n) is 6.38. The highest BCUT2D eigenvalue weighted by molar-refractivity contribution is 5.92. The maximum Gasteiger partial charge on any atom is 0.338 e. The number of nitrogens with zero attached hydrogens (tertiary/aromatic N) is 1. The van der Waals surface area contributed by atoms with Crippen molar-refractivity contribution < 1.29 is 24.0 Å². The van der Waals surface area contributed by atoms with Gasteiger partial charge in [-0.1, -0.05) is 19.8 Å². The van der Waals surface area contributed by atoms with Crippen LogP contribution in [0, 0.1) is 16.0 Å². The van der Waals surface area contributed by atoms with Crippen LogP contribution in [0.4, 0.5) is 5.69 Å². The predicted octanol–water partition coefficient (Wildman–Crippen LogP) is 2.85. The number of amides is 1. The summed E-state index contributed by atoms with van der Waals surface area (Å²) in [5.74, 6) is -0.671. The molecular formula is C18H24N2O6. The highest BCUT2D eigenvalue weighted by atomic mass is 16.6. The highest BCUT2D eigenvalue weighted by Gasteiger charge is 2.24. The summed E-state index contributed by atoms with van der Waals surface area (Å²) in [4.78, 5) is 34.5. The van der Waals surface area contributed by atoms with Gasteiger partial charge in [0.1, 0.15) is 0 Å². The van der Waals surface area contributed by atoms with Crippen molar-refractivity contribution in [1.82, 2.24) is 5.32 Å². The molecule has 0 aliphatic heterocycles. The van der Waals surface area contributed by atoms with E-state index >= 15 is 0 Å². The van der Waals surface area contributed by atoms with Crippen LogP contribution in [0.25, 0.3) is 0 Å².